The lowest BCUT2D eigenvalue weighted by Gasteiger charge is -2.45. The van der Waals surface area contributed by atoms with Gasteiger partial charge in [0, 0.05) is 64.1 Å². The van der Waals surface area contributed by atoms with Crippen LogP contribution in [0.4, 0.5) is 0 Å². The highest BCUT2D eigenvalue weighted by Gasteiger charge is 2.51. The van der Waals surface area contributed by atoms with Crippen molar-refractivity contribution in [1.29, 1.82) is 0 Å². The maximum atomic E-state index is 12.2. The van der Waals surface area contributed by atoms with Gasteiger partial charge in [-0.25, -0.2) is 0 Å². The van der Waals surface area contributed by atoms with Crippen LogP contribution in [0.15, 0.2) is 23.2 Å². The standard InChI is InChI=1S/C26H30N2O12S/c1-11(29)28-23-25(39-16(6)34)24(38-15(5)33)21(10-35-12(2)30)40-26(23)41-22-9-27-18-8-20(37-14(4)32)19(7-17(18)22)36-13(3)31/h7-9,21,23-27H,10H2,1-6H3,(H,28,29)/t21-,23-,24-,25-,26+/m1/s1. The molecule has 1 amide bonds. The van der Waals surface area contributed by atoms with Crippen molar-refractivity contribution in [2.75, 3.05) is 6.61 Å². The predicted molar refractivity (Wildman–Crippen MR) is 141 cm³/mol. The molecule has 0 radical (unpaired) electrons. The fourth-order valence-electron chi connectivity index (χ4n) is 4.19. The van der Waals surface area contributed by atoms with Crippen molar-refractivity contribution in [1.82, 2.24) is 10.3 Å². The van der Waals surface area contributed by atoms with Crippen LogP contribution in [0.5, 0.6) is 11.5 Å². The number of carbonyl (C=O) groups excluding carboxylic acids is 6. The number of benzene rings is 1. The summed E-state index contributed by atoms with van der Waals surface area (Å²) in [5, 5.41) is 3.24. The van der Waals surface area contributed by atoms with Crippen LogP contribution >= 0.6 is 11.8 Å². The monoisotopic (exact) mass is 594 g/mol. The van der Waals surface area contributed by atoms with E-state index in [1.165, 1.54) is 39.8 Å². The molecule has 0 bridgehead atoms. The van der Waals surface area contributed by atoms with E-state index >= 15 is 0 Å². The van der Waals surface area contributed by atoms with Gasteiger partial charge >= 0.3 is 29.8 Å². The van der Waals surface area contributed by atoms with Crippen LogP contribution < -0.4 is 14.8 Å². The molecule has 0 aliphatic carbocycles. The Hall–Kier alpha value is -4.11. The van der Waals surface area contributed by atoms with Crippen LogP contribution in [0.3, 0.4) is 0 Å². The smallest absolute Gasteiger partial charge is 0.308 e. The summed E-state index contributed by atoms with van der Waals surface area (Å²) >= 11 is 1.10. The maximum Gasteiger partial charge on any atom is 0.308 e. The van der Waals surface area contributed by atoms with Crippen LogP contribution in [-0.4, -0.2) is 77.1 Å². The van der Waals surface area contributed by atoms with Crippen molar-refractivity contribution in [2.24, 2.45) is 0 Å². The van der Waals surface area contributed by atoms with Crippen LogP contribution in [0.1, 0.15) is 41.5 Å². The number of rotatable bonds is 9. The van der Waals surface area contributed by atoms with Crippen LogP contribution in [0, 0.1) is 0 Å². The Morgan fingerprint density at radius 1 is 0.829 bits per heavy atom. The summed E-state index contributed by atoms with van der Waals surface area (Å²) < 4.78 is 32.7. The van der Waals surface area contributed by atoms with Gasteiger partial charge in [-0.3, -0.25) is 28.8 Å². The molecular weight excluding hydrogens is 564 g/mol. The minimum Gasteiger partial charge on any atom is -0.463 e. The summed E-state index contributed by atoms with van der Waals surface area (Å²) in [6, 6.07) is 1.94. The van der Waals surface area contributed by atoms with E-state index in [1.807, 2.05) is 0 Å². The lowest BCUT2D eigenvalue weighted by atomic mass is 9.97. The summed E-state index contributed by atoms with van der Waals surface area (Å²) in [6.07, 6.45) is -1.91. The Balaban J connectivity index is 2.08. The average molecular weight is 595 g/mol. The number of esters is 5. The fraction of sp³-hybridized carbons (Fsp3) is 0.462. The Labute approximate surface area is 238 Å². The molecule has 1 saturated heterocycles. The summed E-state index contributed by atoms with van der Waals surface area (Å²) in [4.78, 5) is 74.7. The van der Waals surface area contributed by atoms with E-state index in [0.29, 0.717) is 15.8 Å². The van der Waals surface area contributed by atoms with Crippen molar-refractivity contribution in [3.8, 4) is 11.5 Å². The van der Waals surface area contributed by atoms with Gasteiger partial charge in [0.25, 0.3) is 0 Å². The molecule has 0 spiro atoms. The number of fused-ring (bicyclic) bond motifs is 1. The van der Waals surface area contributed by atoms with Crippen molar-refractivity contribution in [3.63, 3.8) is 0 Å². The number of ether oxygens (including phenoxy) is 6. The van der Waals surface area contributed by atoms with Crippen molar-refractivity contribution >= 4 is 58.4 Å². The maximum absolute atomic E-state index is 12.2. The Morgan fingerprint density at radius 2 is 1.41 bits per heavy atom. The van der Waals surface area contributed by atoms with Gasteiger partial charge in [-0.2, -0.15) is 0 Å². The number of hydrogen-bond donors (Lipinski definition) is 2. The van der Waals surface area contributed by atoms with Gasteiger partial charge in [0.05, 0.1) is 5.52 Å². The molecule has 0 unspecified atom stereocenters. The molecular formula is C26H30N2O12S. The molecule has 41 heavy (non-hydrogen) atoms. The Kier molecular flexibility index (Phi) is 10.3. The average Bonchev–Trinajstić information content (AvgIpc) is 3.21. The zero-order chi connectivity index (χ0) is 30.4. The SMILES string of the molecule is CC(=O)N[C@@H]1[C@@H](OC(C)=O)[C@H](OC(C)=O)[C@@H](COC(C)=O)O[C@H]1Sc1c[nH]c2cc(OC(C)=O)c(OC(C)=O)cc12. The normalized spacial score (nSPS) is 21.9. The molecule has 1 aromatic carbocycles. The molecule has 1 aliphatic rings. The first-order valence-corrected chi connectivity index (χ1v) is 13.2. The molecule has 222 valence electrons. The first kappa shape index (κ1) is 31.4. The second-order valence-corrected chi connectivity index (χ2v) is 10.2. The molecule has 14 nitrogen and oxygen atoms in total. The quantitative estimate of drug-likeness (QED) is 0.243. The first-order valence-electron chi connectivity index (χ1n) is 12.3. The van der Waals surface area contributed by atoms with Crippen molar-refractivity contribution in [3.05, 3.63) is 18.3 Å². The van der Waals surface area contributed by atoms with E-state index < -0.39 is 65.5 Å². The number of nitrogens with one attached hydrogen (secondary N) is 2. The lowest BCUT2D eigenvalue weighted by molar-refractivity contribution is -0.211. The van der Waals surface area contributed by atoms with E-state index in [0.717, 1.165) is 25.6 Å². The molecule has 1 fully saturated rings. The zero-order valence-electron chi connectivity index (χ0n) is 23.1. The summed E-state index contributed by atoms with van der Waals surface area (Å²) in [5.41, 5.74) is -0.461. The minimum absolute atomic E-state index is 0.00919. The number of amides is 1. The number of aromatic amines is 1. The van der Waals surface area contributed by atoms with Crippen LogP contribution in [0.25, 0.3) is 10.9 Å². The topological polar surface area (TPSA) is 186 Å². The third-order valence-corrected chi connectivity index (χ3v) is 6.76. The largest absolute Gasteiger partial charge is 0.463 e. The number of carbonyl (C=O) groups is 6. The van der Waals surface area contributed by atoms with Gasteiger partial charge in [-0.05, 0) is 6.07 Å². The van der Waals surface area contributed by atoms with E-state index in [2.05, 4.69) is 10.3 Å². The zero-order valence-corrected chi connectivity index (χ0v) is 23.9. The van der Waals surface area contributed by atoms with Gasteiger partial charge < -0.3 is 38.7 Å². The van der Waals surface area contributed by atoms with Gasteiger partial charge in [0.1, 0.15) is 24.2 Å². The summed E-state index contributed by atoms with van der Waals surface area (Å²) in [5.74, 6) is -3.78. The summed E-state index contributed by atoms with van der Waals surface area (Å²) in [7, 11) is 0. The van der Waals surface area contributed by atoms with Crippen molar-refractivity contribution < 1.29 is 57.2 Å². The summed E-state index contributed by atoms with van der Waals surface area (Å²) in [6.45, 7) is 6.81. The number of H-pyrrole nitrogens is 1. The van der Waals surface area contributed by atoms with E-state index in [9.17, 15) is 28.8 Å². The van der Waals surface area contributed by atoms with Gasteiger partial charge in [0.15, 0.2) is 23.7 Å². The molecule has 1 aliphatic heterocycles. The minimum atomic E-state index is -1.23. The molecule has 3 rings (SSSR count). The third-order valence-electron chi connectivity index (χ3n) is 5.53. The second kappa shape index (κ2) is 13.5. The fourth-order valence-corrected chi connectivity index (χ4v) is 5.43. The molecule has 2 heterocycles. The van der Waals surface area contributed by atoms with Crippen LogP contribution in [0.2, 0.25) is 0 Å². The first-order chi connectivity index (χ1) is 19.2. The molecule has 2 N–H and O–H groups in total. The van der Waals surface area contributed by atoms with E-state index in [1.54, 1.807) is 6.20 Å². The molecule has 15 heteroatoms. The van der Waals surface area contributed by atoms with Crippen LogP contribution in [-0.2, 0) is 47.7 Å². The number of aromatic nitrogens is 1. The lowest BCUT2D eigenvalue weighted by Crippen LogP contribution is -2.65. The number of hydrogen-bond acceptors (Lipinski definition) is 13. The van der Waals surface area contributed by atoms with E-state index in [4.69, 9.17) is 28.4 Å². The molecule has 5 atom stereocenters. The molecule has 1 aromatic heterocycles. The third kappa shape index (κ3) is 8.44. The highest BCUT2D eigenvalue weighted by Crippen LogP contribution is 2.41. The van der Waals surface area contributed by atoms with Crippen molar-refractivity contribution in [2.45, 2.75) is 76.2 Å². The van der Waals surface area contributed by atoms with Gasteiger partial charge in [-0.1, -0.05) is 11.8 Å². The van der Waals surface area contributed by atoms with E-state index in [-0.39, 0.29) is 18.1 Å². The number of thioether (sulfide) groups is 1. The second-order valence-electron chi connectivity index (χ2n) is 9.02. The van der Waals surface area contributed by atoms with Gasteiger partial charge in [0.2, 0.25) is 5.91 Å². The highest BCUT2D eigenvalue weighted by atomic mass is 32.2. The molecule has 2 aromatic rings. The molecule has 0 saturated carbocycles. The predicted octanol–water partition coefficient (Wildman–Crippen LogP) is 1.77. The Bertz CT molecular complexity index is 1360. The Morgan fingerprint density at radius 3 is 1.95 bits per heavy atom. The van der Waals surface area contributed by atoms with Gasteiger partial charge in [-0.15, -0.1) is 0 Å². The highest BCUT2D eigenvalue weighted by molar-refractivity contribution is 8.00.